The van der Waals surface area contributed by atoms with Crippen LogP contribution in [0.3, 0.4) is 0 Å². The molecule has 6 heteroatoms. The van der Waals surface area contributed by atoms with Gasteiger partial charge in [-0.15, -0.1) is 5.10 Å². The third kappa shape index (κ3) is 3.85. The van der Waals surface area contributed by atoms with Crippen molar-refractivity contribution in [1.82, 2.24) is 10.2 Å². The van der Waals surface area contributed by atoms with E-state index in [0.717, 1.165) is 23.4 Å². The number of hydrogen-bond acceptors (Lipinski definition) is 5. The largest absolute Gasteiger partial charge is 0.478 e. The van der Waals surface area contributed by atoms with Gasteiger partial charge in [0, 0.05) is 11.8 Å². The van der Waals surface area contributed by atoms with Crippen LogP contribution in [0.2, 0.25) is 0 Å². The third-order valence-corrected chi connectivity index (χ3v) is 4.00. The van der Waals surface area contributed by atoms with Gasteiger partial charge in [0.05, 0.1) is 5.69 Å². The van der Waals surface area contributed by atoms with Crippen LogP contribution in [0.4, 0.5) is 5.82 Å². The fourth-order valence-electron chi connectivity index (χ4n) is 2.16. The molecule has 0 aliphatic rings. The minimum atomic E-state index is -0.937. The molecule has 0 aliphatic heterocycles. The van der Waals surface area contributed by atoms with Crippen molar-refractivity contribution in [1.29, 1.82) is 0 Å². The van der Waals surface area contributed by atoms with E-state index in [1.807, 2.05) is 20.1 Å². The van der Waals surface area contributed by atoms with Crippen molar-refractivity contribution in [3.05, 3.63) is 16.8 Å². The van der Waals surface area contributed by atoms with Crippen LogP contribution in [0.5, 0.6) is 0 Å². The lowest BCUT2D eigenvalue weighted by Crippen LogP contribution is -2.25. The Morgan fingerprint density at radius 3 is 2.45 bits per heavy atom. The highest BCUT2D eigenvalue weighted by atomic mass is 32.2. The van der Waals surface area contributed by atoms with Gasteiger partial charge in [0.25, 0.3) is 0 Å². The molecule has 0 saturated carbocycles. The molecule has 20 heavy (non-hydrogen) atoms. The molecule has 5 nitrogen and oxygen atoms in total. The van der Waals surface area contributed by atoms with Crippen LogP contribution < -0.4 is 5.32 Å². The van der Waals surface area contributed by atoms with Gasteiger partial charge in [0.1, 0.15) is 5.56 Å². The molecule has 0 bridgehead atoms. The molecule has 0 spiro atoms. The van der Waals surface area contributed by atoms with Crippen molar-refractivity contribution in [2.75, 3.05) is 17.3 Å². The summed E-state index contributed by atoms with van der Waals surface area (Å²) in [5.74, 6) is 0.370. The van der Waals surface area contributed by atoms with E-state index < -0.39 is 5.97 Å². The van der Waals surface area contributed by atoms with Crippen molar-refractivity contribution in [3.8, 4) is 0 Å². The zero-order valence-corrected chi connectivity index (χ0v) is 13.4. The summed E-state index contributed by atoms with van der Waals surface area (Å²) >= 11 is 1.73. The van der Waals surface area contributed by atoms with E-state index >= 15 is 0 Å². The predicted octanol–water partition coefficient (Wildman–Crippen LogP) is 2.85. The second-order valence-electron chi connectivity index (χ2n) is 4.57. The number of thioether (sulfide) groups is 1. The molecule has 0 aromatic carbocycles. The van der Waals surface area contributed by atoms with Crippen molar-refractivity contribution in [2.24, 2.45) is 0 Å². The number of carbonyl (C=O) groups is 1. The van der Waals surface area contributed by atoms with Gasteiger partial charge in [-0.3, -0.25) is 0 Å². The second-order valence-corrected chi connectivity index (χ2v) is 5.48. The Hall–Kier alpha value is -1.30. The SMILES string of the molecule is CCc1nnc(NC(CC)CSC)c(C(=O)O)c1CC. The highest BCUT2D eigenvalue weighted by Crippen LogP contribution is 2.22. The number of aromatic nitrogens is 2. The molecular formula is C14H23N3O2S. The fraction of sp³-hybridized carbons (Fsp3) is 0.643. The van der Waals surface area contributed by atoms with E-state index in [0.29, 0.717) is 18.7 Å². The van der Waals surface area contributed by atoms with E-state index in [-0.39, 0.29) is 11.6 Å². The van der Waals surface area contributed by atoms with Gasteiger partial charge in [-0.1, -0.05) is 20.8 Å². The van der Waals surface area contributed by atoms with Gasteiger partial charge in [-0.2, -0.15) is 16.9 Å². The molecule has 0 radical (unpaired) electrons. The lowest BCUT2D eigenvalue weighted by molar-refractivity contribution is 0.0696. The van der Waals surface area contributed by atoms with Crippen LogP contribution in [-0.2, 0) is 12.8 Å². The lowest BCUT2D eigenvalue weighted by atomic mass is 10.0. The van der Waals surface area contributed by atoms with Crippen LogP contribution >= 0.6 is 11.8 Å². The number of nitrogens with one attached hydrogen (secondary N) is 1. The summed E-state index contributed by atoms with van der Waals surface area (Å²) in [6, 6.07) is 0.203. The van der Waals surface area contributed by atoms with Crippen LogP contribution in [0.15, 0.2) is 0 Å². The average molecular weight is 297 g/mol. The Labute approximate surface area is 124 Å². The molecule has 112 valence electrons. The summed E-state index contributed by atoms with van der Waals surface area (Å²) in [6.07, 6.45) is 4.29. The maximum atomic E-state index is 11.6. The zero-order valence-electron chi connectivity index (χ0n) is 12.6. The summed E-state index contributed by atoms with van der Waals surface area (Å²) in [7, 11) is 0. The molecule has 1 aromatic heterocycles. The quantitative estimate of drug-likeness (QED) is 0.768. The Bertz CT molecular complexity index is 466. The molecule has 0 aliphatic carbocycles. The normalized spacial score (nSPS) is 12.2. The first-order valence-corrected chi connectivity index (χ1v) is 8.35. The van der Waals surface area contributed by atoms with Crippen LogP contribution in [0.1, 0.15) is 48.8 Å². The molecule has 1 rings (SSSR count). The van der Waals surface area contributed by atoms with Crippen LogP contribution in [-0.4, -0.2) is 39.3 Å². The molecule has 0 amide bonds. The topological polar surface area (TPSA) is 75.1 Å². The van der Waals surface area contributed by atoms with Gasteiger partial charge >= 0.3 is 5.97 Å². The van der Waals surface area contributed by atoms with E-state index in [2.05, 4.69) is 22.4 Å². The molecule has 1 unspecified atom stereocenters. The fourth-order valence-corrected chi connectivity index (χ4v) is 2.88. The molecule has 2 N–H and O–H groups in total. The Kier molecular flexibility index (Phi) is 6.78. The van der Waals surface area contributed by atoms with Gasteiger partial charge in [0.2, 0.25) is 0 Å². The summed E-state index contributed by atoms with van der Waals surface area (Å²) in [4.78, 5) is 11.6. The monoisotopic (exact) mass is 297 g/mol. The number of aromatic carboxylic acids is 1. The smallest absolute Gasteiger partial charge is 0.339 e. The number of hydrogen-bond donors (Lipinski definition) is 2. The minimum Gasteiger partial charge on any atom is -0.478 e. The average Bonchev–Trinajstić information content (AvgIpc) is 2.45. The van der Waals surface area contributed by atoms with Crippen molar-refractivity contribution in [3.63, 3.8) is 0 Å². The number of aryl methyl sites for hydroxylation is 1. The number of rotatable bonds is 8. The zero-order chi connectivity index (χ0) is 15.1. The Morgan fingerprint density at radius 2 is 2.00 bits per heavy atom. The first-order chi connectivity index (χ1) is 9.58. The third-order valence-electron chi connectivity index (χ3n) is 3.26. The number of nitrogens with zero attached hydrogens (tertiary/aromatic N) is 2. The molecule has 1 aromatic rings. The van der Waals surface area contributed by atoms with E-state index in [1.54, 1.807) is 11.8 Å². The highest BCUT2D eigenvalue weighted by Gasteiger charge is 2.21. The summed E-state index contributed by atoms with van der Waals surface area (Å²) in [6.45, 7) is 5.99. The first kappa shape index (κ1) is 16.8. The van der Waals surface area contributed by atoms with Crippen molar-refractivity contribution in [2.45, 2.75) is 46.1 Å². The second kappa shape index (κ2) is 8.09. The Morgan fingerprint density at radius 1 is 1.30 bits per heavy atom. The van der Waals surface area contributed by atoms with Crippen molar-refractivity contribution >= 4 is 23.5 Å². The van der Waals surface area contributed by atoms with Crippen LogP contribution in [0.25, 0.3) is 0 Å². The molecular weight excluding hydrogens is 274 g/mol. The number of carboxylic acids is 1. The summed E-state index contributed by atoms with van der Waals surface area (Å²) in [5.41, 5.74) is 1.84. The van der Waals surface area contributed by atoms with Gasteiger partial charge in [0.15, 0.2) is 5.82 Å². The number of carboxylic acid groups (broad SMARTS) is 1. The van der Waals surface area contributed by atoms with Crippen molar-refractivity contribution < 1.29 is 9.90 Å². The molecule has 0 fully saturated rings. The first-order valence-electron chi connectivity index (χ1n) is 6.96. The van der Waals surface area contributed by atoms with Gasteiger partial charge < -0.3 is 10.4 Å². The summed E-state index contributed by atoms with van der Waals surface area (Å²) in [5, 5.41) is 21.0. The number of anilines is 1. The van der Waals surface area contributed by atoms with Crippen LogP contribution in [0, 0.1) is 0 Å². The predicted molar refractivity (Wildman–Crippen MR) is 83.8 cm³/mol. The molecule has 1 heterocycles. The maximum absolute atomic E-state index is 11.6. The highest BCUT2D eigenvalue weighted by molar-refractivity contribution is 7.98. The lowest BCUT2D eigenvalue weighted by Gasteiger charge is -2.19. The Balaban J connectivity index is 3.22. The molecule has 1 atom stereocenters. The standard InChI is InChI=1S/C14H23N3O2S/c1-5-9(8-20-4)15-13-12(14(18)19)10(6-2)11(7-3)16-17-13/h9H,5-8H2,1-4H3,(H,15,17)(H,18,19). The van der Waals surface area contributed by atoms with Gasteiger partial charge in [-0.25, -0.2) is 4.79 Å². The van der Waals surface area contributed by atoms with E-state index in [4.69, 9.17) is 0 Å². The van der Waals surface area contributed by atoms with E-state index in [1.165, 1.54) is 0 Å². The van der Waals surface area contributed by atoms with E-state index in [9.17, 15) is 9.90 Å². The minimum absolute atomic E-state index is 0.203. The molecule has 0 saturated heterocycles. The van der Waals surface area contributed by atoms with Gasteiger partial charge in [-0.05, 0) is 31.1 Å². The summed E-state index contributed by atoms with van der Waals surface area (Å²) < 4.78 is 0. The maximum Gasteiger partial charge on any atom is 0.339 e.